The van der Waals surface area contributed by atoms with Gasteiger partial charge in [0.1, 0.15) is 5.78 Å². The molecule has 2 N–H and O–H groups in total. The molecule has 0 aromatic carbocycles. The van der Waals surface area contributed by atoms with Gasteiger partial charge in [0.05, 0.1) is 6.54 Å². The van der Waals surface area contributed by atoms with Crippen molar-refractivity contribution >= 4 is 11.7 Å². The zero-order valence-electron chi connectivity index (χ0n) is 7.95. The molecule has 0 spiro atoms. The molecule has 4 nitrogen and oxygen atoms in total. The molecule has 74 valence electrons. The summed E-state index contributed by atoms with van der Waals surface area (Å²) in [5.74, 6) is 0.308. The molecular weight excluding hydrogens is 168 g/mol. The number of carbonyl (C=O) groups excluding carboxylic acids is 2. The van der Waals surface area contributed by atoms with Crippen molar-refractivity contribution in [2.45, 2.75) is 19.8 Å². The molecule has 1 amide bonds. The predicted octanol–water partition coefficient (Wildman–Crippen LogP) is -0.227. The molecule has 1 saturated heterocycles. The molecule has 1 rings (SSSR count). The van der Waals surface area contributed by atoms with Crippen molar-refractivity contribution in [2.24, 2.45) is 11.7 Å². The highest BCUT2D eigenvalue weighted by atomic mass is 16.2. The van der Waals surface area contributed by atoms with E-state index in [1.54, 1.807) is 11.8 Å². The maximum Gasteiger partial charge on any atom is 0.219 e. The van der Waals surface area contributed by atoms with Crippen molar-refractivity contribution in [1.29, 1.82) is 0 Å². The number of nitrogens with zero attached hydrogens (tertiary/aromatic N) is 1. The first-order valence-corrected chi connectivity index (χ1v) is 4.63. The number of likely N-dealkylation sites (tertiary alicyclic amines) is 1. The minimum atomic E-state index is 0.0839. The zero-order valence-corrected chi connectivity index (χ0v) is 7.95. The van der Waals surface area contributed by atoms with Gasteiger partial charge in [0.2, 0.25) is 5.91 Å². The van der Waals surface area contributed by atoms with E-state index in [4.69, 9.17) is 5.73 Å². The molecular formula is C9H16N2O2. The lowest BCUT2D eigenvalue weighted by Crippen LogP contribution is -2.40. The van der Waals surface area contributed by atoms with Crippen molar-refractivity contribution in [3.05, 3.63) is 0 Å². The maximum absolute atomic E-state index is 11.2. The summed E-state index contributed by atoms with van der Waals surface area (Å²) in [6, 6.07) is 0. The summed E-state index contributed by atoms with van der Waals surface area (Å²) >= 11 is 0. The second-order valence-electron chi connectivity index (χ2n) is 3.45. The zero-order chi connectivity index (χ0) is 9.84. The van der Waals surface area contributed by atoms with Crippen LogP contribution >= 0.6 is 0 Å². The summed E-state index contributed by atoms with van der Waals surface area (Å²) < 4.78 is 0. The van der Waals surface area contributed by atoms with Crippen LogP contribution < -0.4 is 5.73 Å². The highest BCUT2D eigenvalue weighted by Crippen LogP contribution is 2.17. The normalized spacial score (nSPS) is 18.8. The first-order valence-electron chi connectivity index (χ1n) is 4.63. The average molecular weight is 184 g/mol. The molecule has 0 aromatic rings. The maximum atomic E-state index is 11.2. The van der Waals surface area contributed by atoms with E-state index in [1.807, 2.05) is 0 Å². The largest absolute Gasteiger partial charge is 0.343 e. The van der Waals surface area contributed by atoms with Gasteiger partial charge in [-0.05, 0) is 12.8 Å². The second-order valence-corrected chi connectivity index (χ2v) is 3.45. The number of ketones is 1. The van der Waals surface area contributed by atoms with Crippen LogP contribution in [0, 0.1) is 5.92 Å². The molecule has 1 fully saturated rings. The highest BCUT2D eigenvalue weighted by molar-refractivity contribution is 5.83. The van der Waals surface area contributed by atoms with Crippen LogP contribution in [-0.4, -0.2) is 36.2 Å². The third-order valence-corrected chi connectivity index (χ3v) is 2.60. The average Bonchev–Trinajstić information content (AvgIpc) is 2.17. The van der Waals surface area contributed by atoms with Crippen LogP contribution in [0.5, 0.6) is 0 Å². The molecule has 0 aliphatic carbocycles. The minimum Gasteiger partial charge on any atom is -0.343 e. The predicted molar refractivity (Wildman–Crippen MR) is 49.0 cm³/mol. The van der Waals surface area contributed by atoms with Crippen LogP contribution in [-0.2, 0) is 9.59 Å². The Hall–Kier alpha value is -0.900. The van der Waals surface area contributed by atoms with Crippen LogP contribution in [0.2, 0.25) is 0 Å². The third-order valence-electron chi connectivity index (χ3n) is 2.60. The van der Waals surface area contributed by atoms with Crippen LogP contribution in [0.4, 0.5) is 0 Å². The molecule has 4 heteroatoms. The number of rotatable bonds is 2. The number of amides is 1. The lowest BCUT2D eigenvalue weighted by atomic mass is 9.92. The smallest absolute Gasteiger partial charge is 0.219 e. The fourth-order valence-electron chi connectivity index (χ4n) is 1.68. The Morgan fingerprint density at radius 1 is 1.38 bits per heavy atom. The lowest BCUT2D eigenvalue weighted by Gasteiger charge is -2.30. The van der Waals surface area contributed by atoms with Gasteiger partial charge in [-0.15, -0.1) is 0 Å². The van der Waals surface area contributed by atoms with Gasteiger partial charge in [-0.2, -0.15) is 0 Å². The molecule has 0 aromatic heterocycles. The van der Waals surface area contributed by atoms with Gasteiger partial charge in [-0.1, -0.05) is 0 Å². The first kappa shape index (κ1) is 10.2. The minimum absolute atomic E-state index is 0.0839. The summed E-state index contributed by atoms with van der Waals surface area (Å²) in [4.78, 5) is 24.0. The van der Waals surface area contributed by atoms with Gasteiger partial charge in [-0.3, -0.25) is 9.59 Å². The molecule has 1 aliphatic heterocycles. The van der Waals surface area contributed by atoms with Gasteiger partial charge in [-0.25, -0.2) is 0 Å². The Bertz CT molecular complexity index is 208. The van der Waals surface area contributed by atoms with E-state index in [-0.39, 0.29) is 24.2 Å². The van der Waals surface area contributed by atoms with Gasteiger partial charge in [0.15, 0.2) is 0 Å². The summed E-state index contributed by atoms with van der Waals surface area (Å²) in [5.41, 5.74) is 5.27. The van der Waals surface area contributed by atoms with E-state index in [9.17, 15) is 9.59 Å². The van der Waals surface area contributed by atoms with Crippen molar-refractivity contribution < 1.29 is 9.59 Å². The quantitative estimate of drug-likeness (QED) is 0.645. The van der Waals surface area contributed by atoms with Gasteiger partial charge < -0.3 is 10.6 Å². The number of hydrogen-bond donors (Lipinski definition) is 1. The van der Waals surface area contributed by atoms with E-state index in [0.717, 1.165) is 12.8 Å². The van der Waals surface area contributed by atoms with Gasteiger partial charge >= 0.3 is 0 Å². The van der Waals surface area contributed by atoms with E-state index >= 15 is 0 Å². The Kier molecular flexibility index (Phi) is 3.42. The molecule has 1 heterocycles. The van der Waals surface area contributed by atoms with Crippen molar-refractivity contribution in [1.82, 2.24) is 4.90 Å². The summed E-state index contributed by atoms with van der Waals surface area (Å²) in [5, 5.41) is 0. The fourth-order valence-corrected chi connectivity index (χ4v) is 1.68. The van der Waals surface area contributed by atoms with Crippen molar-refractivity contribution in [3.63, 3.8) is 0 Å². The van der Waals surface area contributed by atoms with E-state index in [0.29, 0.717) is 13.1 Å². The standard InChI is InChI=1S/C9H16N2O2/c1-7(12)11-4-2-8(3-5-11)9(13)6-10/h8H,2-6,10H2,1H3. The fraction of sp³-hybridized carbons (Fsp3) is 0.778. The van der Waals surface area contributed by atoms with Crippen LogP contribution in [0.15, 0.2) is 0 Å². The molecule has 0 bridgehead atoms. The third kappa shape index (κ3) is 2.52. The lowest BCUT2D eigenvalue weighted by molar-refractivity contribution is -0.132. The van der Waals surface area contributed by atoms with Gasteiger partial charge in [0, 0.05) is 25.9 Å². The van der Waals surface area contributed by atoms with Crippen molar-refractivity contribution in [2.75, 3.05) is 19.6 Å². The number of nitrogens with two attached hydrogens (primary N) is 1. The Morgan fingerprint density at radius 3 is 2.31 bits per heavy atom. The number of carbonyl (C=O) groups is 2. The summed E-state index contributed by atoms with van der Waals surface area (Å²) in [6.45, 7) is 3.09. The van der Waals surface area contributed by atoms with E-state index in [2.05, 4.69) is 0 Å². The van der Waals surface area contributed by atoms with E-state index in [1.165, 1.54) is 0 Å². The van der Waals surface area contributed by atoms with Gasteiger partial charge in [0.25, 0.3) is 0 Å². The second kappa shape index (κ2) is 4.37. The van der Waals surface area contributed by atoms with Crippen LogP contribution in [0.25, 0.3) is 0 Å². The highest BCUT2D eigenvalue weighted by Gasteiger charge is 2.24. The number of Topliss-reactive ketones (excluding diaryl/α,β-unsaturated/α-hetero) is 1. The molecule has 0 unspecified atom stereocenters. The Morgan fingerprint density at radius 2 is 1.92 bits per heavy atom. The monoisotopic (exact) mass is 184 g/mol. The summed E-state index contributed by atoms with van der Waals surface area (Å²) in [6.07, 6.45) is 1.55. The van der Waals surface area contributed by atoms with Crippen molar-refractivity contribution in [3.8, 4) is 0 Å². The Balaban J connectivity index is 2.39. The molecule has 0 saturated carbocycles. The number of hydrogen-bond acceptors (Lipinski definition) is 3. The summed E-state index contributed by atoms with van der Waals surface area (Å²) in [7, 11) is 0. The topological polar surface area (TPSA) is 63.4 Å². The van der Waals surface area contributed by atoms with E-state index < -0.39 is 0 Å². The number of piperidine rings is 1. The molecule has 0 radical (unpaired) electrons. The molecule has 13 heavy (non-hydrogen) atoms. The molecule has 0 atom stereocenters. The molecule has 1 aliphatic rings. The Labute approximate surface area is 78.1 Å². The van der Waals surface area contributed by atoms with Crippen LogP contribution in [0.1, 0.15) is 19.8 Å². The van der Waals surface area contributed by atoms with Crippen LogP contribution in [0.3, 0.4) is 0 Å². The first-order chi connectivity index (χ1) is 6.15. The SMILES string of the molecule is CC(=O)N1CCC(C(=O)CN)CC1.